The van der Waals surface area contributed by atoms with Gasteiger partial charge in [-0.15, -0.1) is 11.3 Å². The molecule has 1 heterocycles. The number of aliphatic hydroxyl groups excluding tert-OH is 1. The second kappa shape index (κ2) is 5.77. The number of aryl methyl sites for hydroxylation is 1. The van der Waals surface area contributed by atoms with Crippen molar-refractivity contribution in [3.63, 3.8) is 0 Å². The number of likely N-dealkylation sites (N-methyl/N-ethyl adjacent to an activating group) is 1. The fraction of sp³-hybridized carbons (Fsp3) is 0.667. The zero-order valence-corrected chi connectivity index (χ0v) is 11.3. The van der Waals surface area contributed by atoms with Crippen molar-refractivity contribution < 1.29 is 5.11 Å². The summed E-state index contributed by atoms with van der Waals surface area (Å²) in [4.78, 5) is 4.70. The number of nitrogens with two attached hydrogens (primary N) is 1. The van der Waals surface area contributed by atoms with Gasteiger partial charge in [0.25, 0.3) is 0 Å². The van der Waals surface area contributed by atoms with E-state index < -0.39 is 0 Å². The van der Waals surface area contributed by atoms with Crippen LogP contribution in [0.15, 0.2) is 12.1 Å². The fourth-order valence-corrected chi connectivity index (χ4v) is 3.18. The van der Waals surface area contributed by atoms with Crippen molar-refractivity contribution >= 4 is 11.3 Å². The summed E-state index contributed by atoms with van der Waals surface area (Å²) in [5, 5.41) is 9.43. The summed E-state index contributed by atoms with van der Waals surface area (Å²) in [6.45, 7) is 6.55. The molecule has 4 heteroatoms. The Kier molecular flexibility index (Phi) is 4.92. The standard InChI is InChI=1S/C12H22N2OS/c1-8(15)7-14(4)12(10(3)13)11-6-5-9(2)16-11/h5-6,8,10,12,15H,7,13H2,1-4H3. The summed E-state index contributed by atoms with van der Waals surface area (Å²) in [7, 11) is 2.01. The van der Waals surface area contributed by atoms with E-state index in [0.29, 0.717) is 6.54 Å². The predicted octanol–water partition coefficient (Wildman–Crippen LogP) is 1.76. The molecule has 0 radical (unpaired) electrons. The normalized spacial score (nSPS) is 17.4. The minimum atomic E-state index is -0.327. The number of aliphatic hydroxyl groups is 1. The lowest BCUT2D eigenvalue weighted by molar-refractivity contribution is 0.111. The monoisotopic (exact) mass is 242 g/mol. The molecule has 3 atom stereocenters. The highest BCUT2D eigenvalue weighted by molar-refractivity contribution is 7.12. The summed E-state index contributed by atoms with van der Waals surface area (Å²) in [6, 6.07) is 4.49. The Labute approximate surface area is 102 Å². The molecule has 1 rings (SSSR count). The van der Waals surface area contributed by atoms with Gasteiger partial charge in [0.05, 0.1) is 12.1 Å². The quantitative estimate of drug-likeness (QED) is 0.827. The van der Waals surface area contributed by atoms with Crippen molar-refractivity contribution in [1.82, 2.24) is 4.90 Å². The Hall–Kier alpha value is -0.420. The smallest absolute Gasteiger partial charge is 0.0639 e. The predicted molar refractivity (Wildman–Crippen MR) is 69.8 cm³/mol. The Morgan fingerprint density at radius 1 is 1.44 bits per heavy atom. The van der Waals surface area contributed by atoms with Gasteiger partial charge >= 0.3 is 0 Å². The topological polar surface area (TPSA) is 49.5 Å². The third-order valence-electron chi connectivity index (χ3n) is 2.58. The van der Waals surface area contributed by atoms with Crippen molar-refractivity contribution in [2.24, 2.45) is 5.73 Å². The third kappa shape index (κ3) is 3.56. The van der Waals surface area contributed by atoms with Gasteiger partial charge in [0.2, 0.25) is 0 Å². The van der Waals surface area contributed by atoms with Gasteiger partial charge in [-0.1, -0.05) is 0 Å². The maximum Gasteiger partial charge on any atom is 0.0639 e. The van der Waals surface area contributed by atoms with Crippen LogP contribution < -0.4 is 5.73 Å². The van der Waals surface area contributed by atoms with E-state index in [4.69, 9.17) is 5.73 Å². The fourth-order valence-electron chi connectivity index (χ4n) is 2.02. The molecule has 0 amide bonds. The molecule has 0 aliphatic rings. The molecule has 0 saturated carbocycles. The van der Waals surface area contributed by atoms with E-state index in [1.807, 2.05) is 14.0 Å². The zero-order valence-electron chi connectivity index (χ0n) is 10.5. The Morgan fingerprint density at radius 3 is 2.44 bits per heavy atom. The molecule has 1 aromatic rings. The summed E-state index contributed by atoms with van der Waals surface area (Å²) in [5.74, 6) is 0. The summed E-state index contributed by atoms with van der Waals surface area (Å²) in [5.41, 5.74) is 6.04. The van der Waals surface area contributed by atoms with E-state index >= 15 is 0 Å². The molecule has 3 N–H and O–H groups in total. The van der Waals surface area contributed by atoms with Crippen LogP contribution in [-0.4, -0.2) is 35.7 Å². The molecule has 0 bridgehead atoms. The number of nitrogens with zero attached hydrogens (tertiary/aromatic N) is 1. The molecule has 0 aliphatic carbocycles. The first-order valence-corrected chi connectivity index (χ1v) is 6.43. The van der Waals surface area contributed by atoms with E-state index in [1.54, 1.807) is 18.3 Å². The third-order valence-corrected chi connectivity index (χ3v) is 3.65. The van der Waals surface area contributed by atoms with Crippen LogP contribution in [0.25, 0.3) is 0 Å². The lowest BCUT2D eigenvalue weighted by Gasteiger charge is -2.31. The number of hydrogen-bond acceptors (Lipinski definition) is 4. The molecule has 0 fully saturated rings. The first-order valence-electron chi connectivity index (χ1n) is 5.62. The van der Waals surface area contributed by atoms with Crippen LogP contribution in [0.4, 0.5) is 0 Å². The van der Waals surface area contributed by atoms with Crippen molar-refractivity contribution in [3.05, 3.63) is 21.9 Å². The van der Waals surface area contributed by atoms with Gasteiger partial charge in [0, 0.05) is 22.3 Å². The van der Waals surface area contributed by atoms with Crippen LogP contribution in [-0.2, 0) is 0 Å². The first-order chi connectivity index (χ1) is 7.41. The van der Waals surface area contributed by atoms with Crippen molar-refractivity contribution in [2.45, 2.75) is 39.0 Å². The van der Waals surface area contributed by atoms with Crippen LogP contribution >= 0.6 is 11.3 Å². The van der Waals surface area contributed by atoms with E-state index in [-0.39, 0.29) is 18.2 Å². The maximum absolute atomic E-state index is 9.43. The van der Waals surface area contributed by atoms with Crippen LogP contribution in [0, 0.1) is 6.92 Å². The average molecular weight is 242 g/mol. The van der Waals surface area contributed by atoms with Crippen LogP contribution in [0.3, 0.4) is 0 Å². The first kappa shape index (κ1) is 13.6. The minimum Gasteiger partial charge on any atom is -0.392 e. The van der Waals surface area contributed by atoms with Gasteiger partial charge in [-0.3, -0.25) is 4.90 Å². The maximum atomic E-state index is 9.43. The van der Waals surface area contributed by atoms with E-state index in [9.17, 15) is 5.11 Å². The molecule has 0 aromatic carbocycles. The molecule has 0 saturated heterocycles. The Bertz CT molecular complexity index is 323. The van der Waals surface area contributed by atoms with Gasteiger partial charge in [0.15, 0.2) is 0 Å². The van der Waals surface area contributed by atoms with Crippen molar-refractivity contribution in [1.29, 1.82) is 0 Å². The second-order valence-electron chi connectivity index (χ2n) is 4.54. The van der Waals surface area contributed by atoms with Gasteiger partial charge in [-0.2, -0.15) is 0 Å². The van der Waals surface area contributed by atoms with E-state index in [2.05, 4.69) is 24.0 Å². The van der Waals surface area contributed by atoms with Crippen LogP contribution in [0.5, 0.6) is 0 Å². The van der Waals surface area contributed by atoms with Gasteiger partial charge in [-0.05, 0) is 40.0 Å². The van der Waals surface area contributed by atoms with Crippen LogP contribution in [0.2, 0.25) is 0 Å². The van der Waals surface area contributed by atoms with E-state index in [1.165, 1.54) is 9.75 Å². The highest BCUT2D eigenvalue weighted by Gasteiger charge is 2.23. The van der Waals surface area contributed by atoms with Gasteiger partial charge in [0.1, 0.15) is 0 Å². The minimum absolute atomic E-state index is 0.0572. The molecule has 3 nitrogen and oxygen atoms in total. The second-order valence-corrected chi connectivity index (χ2v) is 5.86. The average Bonchev–Trinajstić information content (AvgIpc) is 2.49. The summed E-state index contributed by atoms with van der Waals surface area (Å²) >= 11 is 1.78. The molecule has 1 aromatic heterocycles. The highest BCUT2D eigenvalue weighted by atomic mass is 32.1. The summed E-state index contributed by atoms with van der Waals surface area (Å²) < 4.78 is 0. The van der Waals surface area contributed by atoms with Crippen molar-refractivity contribution in [3.8, 4) is 0 Å². The Balaban J connectivity index is 2.82. The molecular formula is C12H22N2OS. The Morgan fingerprint density at radius 2 is 2.06 bits per heavy atom. The highest BCUT2D eigenvalue weighted by Crippen LogP contribution is 2.28. The van der Waals surface area contributed by atoms with E-state index in [0.717, 1.165) is 0 Å². The lowest BCUT2D eigenvalue weighted by atomic mass is 10.1. The van der Waals surface area contributed by atoms with Gasteiger partial charge in [-0.25, -0.2) is 0 Å². The van der Waals surface area contributed by atoms with Crippen molar-refractivity contribution in [2.75, 3.05) is 13.6 Å². The molecule has 16 heavy (non-hydrogen) atoms. The summed E-state index contributed by atoms with van der Waals surface area (Å²) in [6.07, 6.45) is -0.327. The molecule has 0 spiro atoms. The van der Waals surface area contributed by atoms with Gasteiger partial charge < -0.3 is 10.8 Å². The number of rotatable bonds is 5. The zero-order chi connectivity index (χ0) is 12.3. The SMILES string of the molecule is Cc1ccc(C(C(C)N)N(C)CC(C)O)s1. The number of thiophene rings is 1. The molecule has 3 unspecified atom stereocenters. The van der Waals surface area contributed by atoms with Crippen LogP contribution in [0.1, 0.15) is 29.6 Å². The lowest BCUT2D eigenvalue weighted by Crippen LogP contribution is -2.39. The molecular weight excluding hydrogens is 220 g/mol. The largest absolute Gasteiger partial charge is 0.392 e. The number of hydrogen-bond donors (Lipinski definition) is 2. The molecule has 0 aliphatic heterocycles. The molecule has 92 valence electrons.